The van der Waals surface area contributed by atoms with Gasteiger partial charge in [-0.25, -0.2) is 0 Å². The van der Waals surface area contributed by atoms with Crippen molar-refractivity contribution in [1.29, 1.82) is 0 Å². The first-order valence-electron chi connectivity index (χ1n) is 9.97. The van der Waals surface area contributed by atoms with E-state index in [9.17, 15) is 4.79 Å². The van der Waals surface area contributed by atoms with Crippen molar-refractivity contribution in [3.8, 4) is 11.5 Å². The van der Waals surface area contributed by atoms with Crippen LogP contribution >= 0.6 is 0 Å². The molecule has 0 radical (unpaired) electrons. The van der Waals surface area contributed by atoms with Gasteiger partial charge in [-0.05, 0) is 50.6 Å². The normalized spacial score (nSPS) is 15.2. The summed E-state index contributed by atoms with van der Waals surface area (Å²) in [6.07, 6.45) is 1.82. The Balaban J connectivity index is 1.36. The molecule has 1 aliphatic heterocycles. The molecule has 2 aromatic rings. The minimum atomic E-state index is 0.0972. The Labute approximate surface area is 167 Å². The average molecular weight is 383 g/mol. The van der Waals surface area contributed by atoms with Gasteiger partial charge in [0.05, 0.1) is 13.7 Å². The van der Waals surface area contributed by atoms with Crippen molar-refractivity contribution in [1.82, 2.24) is 10.2 Å². The maximum absolute atomic E-state index is 12.4. The molecular formula is C23H30N2O3. The molecule has 1 fully saturated rings. The summed E-state index contributed by atoms with van der Waals surface area (Å²) in [6, 6.07) is 16.2. The van der Waals surface area contributed by atoms with Crippen molar-refractivity contribution < 1.29 is 14.3 Å². The molecule has 1 aliphatic rings. The topological polar surface area (TPSA) is 50.8 Å². The van der Waals surface area contributed by atoms with Gasteiger partial charge in [-0.3, -0.25) is 9.69 Å². The van der Waals surface area contributed by atoms with Gasteiger partial charge in [-0.2, -0.15) is 0 Å². The van der Waals surface area contributed by atoms with Crippen LogP contribution in [-0.4, -0.2) is 44.2 Å². The predicted octanol–water partition coefficient (Wildman–Crippen LogP) is 3.41. The Morgan fingerprint density at radius 1 is 1.11 bits per heavy atom. The van der Waals surface area contributed by atoms with Crippen LogP contribution < -0.4 is 14.8 Å². The number of likely N-dealkylation sites (tertiary alicyclic amines) is 1. The Kier molecular flexibility index (Phi) is 7.31. The van der Waals surface area contributed by atoms with Crippen LogP contribution in [0.15, 0.2) is 48.5 Å². The Bertz CT molecular complexity index is 770. The molecule has 0 aromatic heterocycles. The van der Waals surface area contributed by atoms with Gasteiger partial charge in [0.2, 0.25) is 5.91 Å². The average Bonchev–Trinajstić information content (AvgIpc) is 2.72. The van der Waals surface area contributed by atoms with E-state index in [2.05, 4.69) is 41.4 Å². The van der Waals surface area contributed by atoms with E-state index in [1.807, 2.05) is 24.3 Å². The molecule has 1 saturated heterocycles. The largest absolute Gasteiger partial charge is 0.493 e. The quantitative estimate of drug-likeness (QED) is 0.711. The standard InChI is InChI=1S/C23H30N2O3/c1-18-6-5-7-19(16-18)17-25-13-10-20(11-14-25)23(26)24-12-15-28-22-9-4-3-8-21(22)27-2/h3-9,16,20H,10-15,17H2,1-2H3,(H,24,26). The first-order chi connectivity index (χ1) is 13.7. The van der Waals surface area contributed by atoms with Gasteiger partial charge in [0.15, 0.2) is 11.5 Å². The van der Waals surface area contributed by atoms with Gasteiger partial charge in [0.1, 0.15) is 6.61 Å². The summed E-state index contributed by atoms with van der Waals surface area (Å²) in [5.74, 6) is 1.64. The van der Waals surface area contributed by atoms with E-state index in [1.165, 1.54) is 11.1 Å². The minimum Gasteiger partial charge on any atom is -0.493 e. The number of piperidine rings is 1. The monoisotopic (exact) mass is 382 g/mol. The number of benzene rings is 2. The number of hydrogen-bond donors (Lipinski definition) is 1. The van der Waals surface area contributed by atoms with E-state index in [0.29, 0.717) is 24.7 Å². The summed E-state index contributed by atoms with van der Waals surface area (Å²) in [5, 5.41) is 3.01. The lowest BCUT2D eigenvalue weighted by molar-refractivity contribution is -0.126. The van der Waals surface area contributed by atoms with Crippen molar-refractivity contribution in [2.45, 2.75) is 26.3 Å². The van der Waals surface area contributed by atoms with E-state index in [1.54, 1.807) is 7.11 Å². The lowest BCUT2D eigenvalue weighted by Gasteiger charge is -2.31. The maximum atomic E-state index is 12.4. The highest BCUT2D eigenvalue weighted by atomic mass is 16.5. The third-order valence-corrected chi connectivity index (χ3v) is 5.17. The van der Waals surface area contributed by atoms with Crippen LogP contribution in [-0.2, 0) is 11.3 Å². The van der Waals surface area contributed by atoms with E-state index in [4.69, 9.17) is 9.47 Å². The molecule has 0 spiro atoms. The molecular weight excluding hydrogens is 352 g/mol. The van der Waals surface area contributed by atoms with Gasteiger partial charge >= 0.3 is 0 Å². The van der Waals surface area contributed by atoms with Crippen molar-refractivity contribution in [2.24, 2.45) is 5.92 Å². The molecule has 3 rings (SSSR count). The fourth-order valence-corrected chi connectivity index (χ4v) is 3.64. The highest BCUT2D eigenvalue weighted by Crippen LogP contribution is 2.25. The van der Waals surface area contributed by atoms with Gasteiger partial charge in [-0.1, -0.05) is 42.0 Å². The molecule has 1 amide bonds. The number of methoxy groups -OCH3 is 1. The number of nitrogens with one attached hydrogen (secondary N) is 1. The highest BCUT2D eigenvalue weighted by Gasteiger charge is 2.24. The third-order valence-electron chi connectivity index (χ3n) is 5.17. The van der Waals surface area contributed by atoms with Gasteiger partial charge in [0, 0.05) is 12.5 Å². The number of amides is 1. The molecule has 0 aliphatic carbocycles. The summed E-state index contributed by atoms with van der Waals surface area (Å²) in [4.78, 5) is 14.9. The summed E-state index contributed by atoms with van der Waals surface area (Å²) < 4.78 is 11.0. The van der Waals surface area contributed by atoms with Crippen LogP contribution in [0.4, 0.5) is 0 Å². The van der Waals surface area contributed by atoms with Crippen molar-refractivity contribution in [2.75, 3.05) is 33.4 Å². The third kappa shape index (κ3) is 5.73. The highest BCUT2D eigenvalue weighted by molar-refractivity contribution is 5.78. The molecule has 1 N–H and O–H groups in total. The SMILES string of the molecule is COc1ccccc1OCCNC(=O)C1CCN(Cc2cccc(C)c2)CC1. The number of aryl methyl sites for hydroxylation is 1. The fourth-order valence-electron chi connectivity index (χ4n) is 3.64. The number of para-hydroxylation sites is 2. The van der Waals surface area contributed by atoms with Gasteiger partial charge < -0.3 is 14.8 Å². The van der Waals surface area contributed by atoms with Crippen LogP contribution in [0.2, 0.25) is 0 Å². The van der Waals surface area contributed by atoms with Gasteiger partial charge in [-0.15, -0.1) is 0 Å². The van der Waals surface area contributed by atoms with Crippen LogP contribution in [0.3, 0.4) is 0 Å². The predicted molar refractivity (Wildman–Crippen MR) is 111 cm³/mol. The van der Waals surface area contributed by atoms with E-state index >= 15 is 0 Å². The van der Waals surface area contributed by atoms with Crippen molar-refractivity contribution in [3.63, 3.8) is 0 Å². The molecule has 5 heteroatoms. The number of ether oxygens (including phenoxy) is 2. The second-order valence-electron chi connectivity index (χ2n) is 7.33. The number of carbonyl (C=O) groups excluding carboxylic acids is 1. The number of rotatable bonds is 8. The number of nitrogens with zero attached hydrogens (tertiary/aromatic N) is 1. The Hall–Kier alpha value is -2.53. The summed E-state index contributed by atoms with van der Waals surface area (Å²) in [6.45, 7) is 5.94. The zero-order chi connectivity index (χ0) is 19.8. The molecule has 0 saturated carbocycles. The van der Waals surface area contributed by atoms with Crippen molar-refractivity contribution >= 4 is 5.91 Å². The molecule has 5 nitrogen and oxygen atoms in total. The summed E-state index contributed by atoms with van der Waals surface area (Å²) in [7, 11) is 1.62. The molecule has 0 unspecified atom stereocenters. The lowest BCUT2D eigenvalue weighted by atomic mass is 9.95. The molecule has 2 aromatic carbocycles. The van der Waals surface area contributed by atoms with Crippen LogP contribution in [0, 0.1) is 12.8 Å². The first-order valence-corrected chi connectivity index (χ1v) is 9.97. The van der Waals surface area contributed by atoms with E-state index in [0.717, 1.165) is 32.5 Å². The number of carbonyl (C=O) groups is 1. The van der Waals surface area contributed by atoms with Gasteiger partial charge in [0.25, 0.3) is 0 Å². The second-order valence-corrected chi connectivity index (χ2v) is 7.33. The smallest absolute Gasteiger partial charge is 0.223 e. The fraction of sp³-hybridized carbons (Fsp3) is 0.435. The molecule has 28 heavy (non-hydrogen) atoms. The molecule has 0 bridgehead atoms. The minimum absolute atomic E-state index is 0.0972. The molecule has 0 atom stereocenters. The number of hydrogen-bond acceptors (Lipinski definition) is 4. The van der Waals surface area contributed by atoms with E-state index < -0.39 is 0 Å². The summed E-state index contributed by atoms with van der Waals surface area (Å²) >= 11 is 0. The van der Waals surface area contributed by atoms with Crippen LogP contribution in [0.5, 0.6) is 11.5 Å². The van der Waals surface area contributed by atoms with Crippen molar-refractivity contribution in [3.05, 3.63) is 59.7 Å². The zero-order valence-electron chi connectivity index (χ0n) is 16.8. The first kappa shape index (κ1) is 20.2. The maximum Gasteiger partial charge on any atom is 0.223 e. The van der Waals surface area contributed by atoms with Crippen LogP contribution in [0.25, 0.3) is 0 Å². The Morgan fingerprint density at radius 3 is 2.57 bits per heavy atom. The molecule has 150 valence electrons. The van der Waals surface area contributed by atoms with Crippen LogP contribution in [0.1, 0.15) is 24.0 Å². The Morgan fingerprint density at radius 2 is 1.86 bits per heavy atom. The second kappa shape index (κ2) is 10.1. The zero-order valence-corrected chi connectivity index (χ0v) is 16.8. The van der Waals surface area contributed by atoms with E-state index in [-0.39, 0.29) is 11.8 Å². The lowest BCUT2D eigenvalue weighted by Crippen LogP contribution is -2.41. The molecule has 1 heterocycles. The summed E-state index contributed by atoms with van der Waals surface area (Å²) in [5.41, 5.74) is 2.64.